The zero-order chi connectivity index (χ0) is 4.28. The van der Waals surface area contributed by atoms with Crippen LogP contribution in [0.25, 0.3) is 0 Å². The Hall–Kier alpha value is 0.00688. The Morgan fingerprint density at radius 3 is 1.80 bits per heavy atom. The van der Waals surface area contributed by atoms with Crippen LogP contribution in [-0.4, -0.2) is 31.4 Å². The molecule has 0 heterocycles. The molecule has 0 aromatic carbocycles. The van der Waals surface area contributed by atoms with Crippen LogP contribution in [-0.2, 0) is 0 Å². The first-order chi connectivity index (χ1) is 2.27. The Kier molecular flexibility index (Phi) is 2.26. The molecule has 0 saturated heterocycles. The Bertz CT molecular complexity index is 34.6. The lowest BCUT2D eigenvalue weighted by Gasteiger charge is -1.84. The van der Waals surface area contributed by atoms with Crippen molar-refractivity contribution in [3.05, 3.63) is 0 Å². The van der Waals surface area contributed by atoms with Gasteiger partial charge in [0.2, 0.25) is 0 Å². The highest BCUT2D eigenvalue weighted by Crippen LogP contribution is 1.52. The van der Waals surface area contributed by atoms with Crippen LogP contribution in [0.2, 0.25) is 0 Å². The van der Waals surface area contributed by atoms with Crippen molar-refractivity contribution in [1.29, 1.82) is 0 Å². The average Bonchev–Trinajstić information content (AvgIpc) is 1.38. The molecule has 0 aliphatic carbocycles. The second-order valence-corrected chi connectivity index (χ2v) is 1.72. The van der Waals surface area contributed by atoms with Gasteiger partial charge in [0.1, 0.15) is 5.91 Å². The van der Waals surface area contributed by atoms with E-state index in [4.69, 9.17) is 10.2 Å². The molecule has 30 valence electrons. The van der Waals surface area contributed by atoms with E-state index in [1.54, 1.807) is 0 Å². The van der Waals surface area contributed by atoms with Gasteiger partial charge in [-0.15, -0.1) is 6.17 Å². The normalized spacial score (nSPS) is 8.60. The van der Waals surface area contributed by atoms with Gasteiger partial charge in [-0.05, 0) is 0 Å². The van der Waals surface area contributed by atoms with Crippen molar-refractivity contribution in [1.82, 2.24) is 0 Å². The molecule has 0 spiro atoms. The first-order valence-corrected chi connectivity index (χ1v) is 2.74. The molecular weight excluding hydrogens is 84.1 g/mol. The number of hydrogen-bond acceptors (Lipinski definition) is 2. The van der Waals surface area contributed by atoms with Crippen LogP contribution in [0.15, 0.2) is 0 Å². The van der Waals surface area contributed by atoms with Gasteiger partial charge >= 0.3 is 0 Å². The summed E-state index contributed by atoms with van der Waals surface area (Å²) in [5, 5.41) is 15.8. The summed E-state index contributed by atoms with van der Waals surface area (Å²) in [7, 11) is -0.407. The van der Waals surface area contributed by atoms with E-state index in [-0.39, 0.29) is 0 Å². The molecule has 0 radical (unpaired) electrons. The van der Waals surface area contributed by atoms with Gasteiger partial charge < -0.3 is 10.2 Å². The molecule has 3 heteroatoms. The molecule has 0 atom stereocenters. The summed E-state index contributed by atoms with van der Waals surface area (Å²) in [4.78, 5) is 0. The Morgan fingerprint density at radius 2 is 1.80 bits per heavy atom. The Morgan fingerprint density at radius 1 is 1.60 bits per heavy atom. The van der Waals surface area contributed by atoms with Crippen LogP contribution in [0.4, 0.5) is 0 Å². The molecule has 0 aliphatic rings. The van der Waals surface area contributed by atoms with Crippen molar-refractivity contribution in [2.24, 2.45) is 0 Å². The van der Waals surface area contributed by atoms with E-state index < -0.39 is 15.0 Å². The molecular formula is C2H6O2Si. The molecule has 2 nitrogen and oxygen atoms in total. The van der Waals surface area contributed by atoms with Gasteiger partial charge in [-0.3, -0.25) is 0 Å². The summed E-state index contributed by atoms with van der Waals surface area (Å²) in [6.45, 7) is 0. The minimum Gasteiger partial charge on any atom is -0.369 e. The van der Waals surface area contributed by atoms with E-state index in [0.717, 1.165) is 0 Å². The predicted molar refractivity (Wildman–Crippen MR) is 22.5 cm³/mol. The van der Waals surface area contributed by atoms with Crippen LogP contribution in [0.5, 0.6) is 0 Å². The standard InChI is InChI=1S/C2H6O2Si/c1-5-2(3)4/h2-5H,1H2. The quantitative estimate of drug-likeness (QED) is 0.292. The summed E-state index contributed by atoms with van der Waals surface area (Å²) in [5.41, 5.74) is 0. The lowest BCUT2D eigenvalue weighted by atomic mass is 11.5. The smallest absolute Gasteiger partial charge is 0.146 e. The number of aliphatic hydroxyl groups is 2. The van der Waals surface area contributed by atoms with Gasteiger partial charge in [-0.25, -0.2) is 0 Å². The van der Waals surface area contributed by atoms with E-state index in [1.807, 2.05) is 0 Å². The van der Waals surface area contributed by atoms with E-state index in [1.165, 1.54) is 0 Å². The summed E-state index contributed by atoms with van der Waals surface area (Å²) >= 11 is 0. The molecule has 2 N–H and O–H groups in total. The van der Waals surface area contributed by atoms with Gasteiger partial charge in [0.25, 0.3) is 0 Å². The number of hydrogen-bond donors (Lipinski definition) is 2. The van der Waals surface area contributed by atoms with Crippen molar-refractivity contribution in [2.75, 3.05) is 0 Å². The van der Waals surface area contributed by atoms with Gasteiger partial charge in [-0.1, -0.05) is 0 Å². The Balaban J connectivity index is 2.83. The van der Waals surface area contributed by atoms with Crippen LogP contribution < -0.4 is 0 Å². The molecule has 0 unspecified atom stereocenters. The first kappa shape index (κ1) is 5.01. The summed E-state index contributed by atoms with van der Waals surface area (Å²) in [5.74, 6) is -1.14. The molecule has 0 aromatic heterocycles. The average molecular weight is 90.2 g/mol. The van der Waals surface area contributed by atoms with Crippen molar-refractivity contribution in [3.8, 4) is 0 Å². The SMILES string of the molecule is C=[SiH]C(O)O. The largest absolute Gasteiger partial charge is 0.369 e. The summed E-state index contributed by atoms with van der Waals surface area (Å²) in [6.07, 6.45) is 3.27. The second-order valence-electron chi connectivity index (χ2n) is 0.649. The number of rotatable bonds is 1. The summed E-state index contributed by atoms with van der Waals surface area (Å²) < 4.78 is 0. The molecule has 0 aromatic rings. The minimum absolute atomic E-state index is 0.407. The second kappa shape index (κ2) is 2.26. The fourth-order valence-corrected chi connectivity index (χ4v) is 0. The van der Waals surface area contributed by atoms with Crippen molar-refractivity contribution in [2.45, 2.75) is 5.91 Å². The van der Waals surface area contributed by atoms with Gasteiger partial charge in [0, 0.05) is 0 Å². The zero-order valence-electron chi connectivity index (χ0n) is 2.76. The molecule has 0 rings (SSSR count). The van der Waals surface area contributed by atoms with Crippen LogP contribution in [0.1, 0.15) is 0 Å². The van der Waals surface area contributed by atoms with Crippen molar-refractivity contribution < 1.29 is 10.2 Å². The fraction of sp³-hybridized carbons (Fsp3) is 0.500. The number of aliphatic hydroxyl groups excluding tert-OH is 1. The third-order valence-corrected chi connectivity index (χ3v) is 0.632. The highest BCUT2D eigenvalue weighted by Gasteiger charge is 1.77. The molecule has 0 amide bonds. The Labute approximate surface area is 32.5 Å². The highest BCUT2D eigenvalue weighted by atomic mass is 28.2. The van der Waals surface area contributed by atoms with Gasteiger partial charge in [0.05, 0.1) is 9.13 Å². The molecule has 5 heavy (non-hydrogen) atoms. The fourth-order valence-electron chi connectivity index (χ4n) is 0. The molecule has 0 fully saturated rings. The van der Waals surface area contributed by atoms with Crippen molar-refractivity contribution >= 4 is 15.3 Å². The molecule has 0 aliphatic heterocycles. The van der Waals surface area contributed by atoms with Crippen LogP contribution in [0, 0.1) is 0 Å². The van der Waals surface area contributed by atoms with Gasteiger partial charge in [-0.2, -0.15) is 0 Å². The van der Waals surface area contributed by atoms with E-state index in [2.05, 4.69) is 6.17 Å². The third kappa shape index (κ3) is 4.01. The first-order valence-electron chi connectivity index (χ1n) is 1.26. The third-order valence-electron chi connectivity index (χ3n) is 0.211. The maximum atomic E-state index is 7.89. The predicted octanol–water partition coefficient (Wildman–Crippen LogP) is -1.88. The maximum Gasteiger partial charge on any atom is 0.146 e. The van der Waals surface area contributed by atoms with Crippen molar-refractivity contribution in [3.63, 3.8) is 0 Å². The lowest BCUT2D eigenvalue weighted by molar-refractivity contribution is 0.0318. The van der Waals surface area contributed by atoms with Gasteiger partial charge in [0.15, 0.2) is 0 Å². The van der Waals surface area contributed by atoms with E-state index in [0.29, 0.717) is 0 Å². The molecule has 0 saturated carbocycles. The molecule has 0 bridgehead atoms. The zero-order valence-corrected chi connectivity index (χ0v) is 3.91. The minimum atomic E-state index is -1.14. The van der Waals surface area contributed by atoms with Crippen LogP contribution in [0.3, 0.4) is 0 Å². The monoisotopic (exact) mass is 90.0 g/mol. The van der Waals surface area contributed by atoms with E-state index in [9.17, 15) is 0 Å². The lowest BCUT2D eigenvalue weighted by Crippen LogP contribution is -2.05. The van der Waals surface area contributed by atoms with E-state index >= 15 is 0 Å². The summed E-state index contributed by atoms with van der Waals surface area (Å²) in [6, 6.07) is 0. The van der Waals surface area contributed by atoms with Crippen LogP contribution >= 0.6 is 0 Å². The topological polar surface area (TPSA) is 40.5 Å². The maximum absolute atomic E-state index is 7.89. The highest BCUT2D eigenvalue weighted by molar-refractivity contribution is 6.41.